The Morgan fingerprint density at radius 1 is 1.19 bits per heavy atom. The number of amides is 1. The highest BCUT2D eigenvalue weighted by Crippen LogP contribution is 2.15. The minimum atomic E-state index is 0.00239. The number of nitrogen functional groups attached to an aromatic ring is 1. The molecular formula is C17H20N2O2. The maximum absolute atomic E-state index is 12.5. The third-order valence-corrected chi connectivity index (χ3v) is 3.33. The van der Waals surface area contributed by atoms with Crippen molar-refractivity contribution in [1.82, 2.24) is 4.90 Å². The number of ether oxygens (including phenoxy) is 1. The summed E-state index contributed by atoms with van der Waals surface area (Å²) in [5.74, 6) is 0.744. The van der Waals surface area contributed by atoms with Gasteiger partial charge in [-0.2, -0.15) is 0 Å². The molecule has 110 valence electrons. The minimum absolute atomic E-state index is 0.00239. The molecule has 0 aliphatic carbocycles. The fraction of sp³-hybridized carbons (Fsp3) is 0.235. The summed E-state index contributed by atoms with van der Waals surface area (Å²) in [7, 11) is 1.61. The SMILES string of the molecule is CCN(Cc1cccc(N)c1)C(=O)c1ccc(OC)cc1. The molecule has 0 atom stereocenters. The van der Waals surface area contributed by atoms with Gasteiger partial charge in [-0.1, -0.05) is 12.1 Å². The summed E-state index contributed by atoms with van der Waals surface area (Å²) in [6, 6.07) is 14.8. The van der Waals surface area contributed by atoms with Crippen molar-refractivity contribution in [2.75, 3.05) is 19.4 Å². The van der Waals surface area contributed by atoms with Gasteiger partial charge in [-0.05, 0) is 48.9 Å². The van der Waals surface area contributed by atoms with Crippen molar-refractivity contribution in [2.45, 2.75) is 13.5 Å². The Kier molecular flexibility index (Phi) is 4.82. The quantitative estimate of drug-likeness (QED) is 0.859. The van der Waals surface area contributed by atoms with Crippen molar-refractivity contribution in [3.05, 3.63) is 59.7 Å². The van der Waals surface area contributed by atoms with Crippen LogP contribution in [0.25, 0.3) is 0 Å². The van der Waals surface area contributed by atoms with Crippen LogP contribution in [0.4, 0.5) is 5.69 Å². The molecule has 0 saturated heterocycles. The van der Waals surface area contributed by atoms with Crippen LogP contribution in [0.2, 0.25) is 0 Å². The third-order valence-electron chi connectivity index (χ3n) is 3.33. The number of nitrogens with zero attached hydrogens (tertiary/aromatic N) is 1. The molecule has 2 rings (SSSR count). The summed E-state index contributed by atoms with van der Waals surface area (Å²) in [5, 5.41) is 0. The molecule has 2 aromatic rings. The number of benzene rings is 2. The molecule has 0 aliphatic heterocycles. The molecule has 0 bridgehead atoms. The predicted molar refractivity (Wildman–Crippen MR) is 84.3 cm³/mol. The number of nitrogens with two attached hydrogens (primary N) is 1. The largest absolute Gasteiger partial charge is 0.497 e. The fourth-order valence-corrected chi connectivity index (χ4v) is 2.16. The highest BCUT2D eigenvalue weighted by molar-refractivity contribution is 5.94. The highest BCUT2D eigenvalue weighted by atomic mass is 16.5. The average molecular weight is 284 g/mol. The molecule has 2 N–H and O–H groups in total. The average Bonchev–Trinajstić information content (AvgIpc) is 2.52. The van der Waals surface area contributed by atoms with Crippen LogP contribution in [-0.4, -0.2) is 24.5 Å². The number of hydrogen-bond donors (Lipinski definition) is 1. The van der Waals surface area contributed by atoms with Gasteiger partial charge < -0.3 is 15.4 Å². The van der Waals surface area contributed by atoms with Crippen LogP contribution in [-0.2, 0) is 6.54 Å². The lowest BCUT2D eigenvalue weighted by Gasteiger charge is -2.21. The number of anilines is 1. The van der Waals surface area contributed by atoms with Gasteiger partial charge in [0.1, 0.15) is 5.75 Å². The Bertz CT molecular complexity index is 608. The lowest BCUT2D eigenvalue weighted by molar-refractivity contribution is 0.0752. The topological polar surface area (TPSA) is 55.6 Å². The molecule has 0 heterocycles. The smallest absolute Gasteiger partial charge is 0.254 e. The molecule has 4 nitrogen and oxygen atoms in total. The van der Waals surface area contributed by atoms with E-state index in [4.69, 9.17) is 10.5 Å². The Morgan fingerprint density at radius 3 is 2.48 bits per heavy atom. The van der Waals surface area contributed by atoms with Crippen LogP contribution in [0.1, 0.15) is 22.8 Å². The molecule has 1 amide bonds. The summed E-state index contributed by atoms with van der Waals surface area (Å²) in [6.45, 7) is 3.15. The Labute approximate surface area is 125 Å². The van der Waals surface area contributed by atoms with E-state index in [1.54, 1.807) is 36.3 Å². The first-order chi connectivity index (χ1) is 10.1. The number of carbonyl (C=O) groups is 1. The second-order valence-corrected chi connectivity index (χ2v) is 4.79. The van der Waals surface area contributed by atoms with Crippen molar-refractivity contribution in [3.8, 4) is 5.75 Å². The molecule has 0 unspecified atom stereocenters. The van der Waals surface area contributed by atoms with Crippen LogP contribution >= 0.6 is 0 Å². The monoisotopic (exact) mass is 284 g/mol. The van der Waals surface area contributed by atoms with Crippen molar-refractivity contribution in [2.24, 2.45) is 0 Å². The molecular weight excluding hydrogens is 264 g/mol. The first kappa shape index (κ1) is 14.9. The lowest BCUT2D eigenvalue weighted by Crippen LogP contribution is -2.30. The van der Waals surface area contributed by atoms with Gasteiger partial charge in [0.2, 0.25) is 0 Å². The van der Waals surface area contributed by atoms with Crippen molar-refractivity contribution >= 4 is 11.6 Å². The van der Waals surface area contributed by atoms with Gasteiger partial charge >= 0.3 is 0 Å². The molecule has 0 aliphatic rings. The Balaban J connectivity index is 2.14. The van der Waals surface area contributed by atoms with Crippen molar-refractivity contribution in [1.29, 1.82) is 0 Å². The highest BCUT2D eigenvalue weighted by Gasteiger charge is 2.14. The van der Waals surface area contributed by atoms with Crippen molar-refractivity contribution in [3.63, 3.8) is 0 Å². The molecule has 0 spiro atoms. The Hall–Kier alpha value is -2.49. The minimum Gasteiger partial charge on any atom is -0.497 e. The zero-order valence-electron chi connectivity index (χ0n) is 12.4. The normalized spacial score (nSPS) is 10.2. The number of carbonyl (C=O) groups excluding carboxylic acids is 1. The molecule has 0 radical (unpaired) electrons. The van der Waals surface area contributed by atoms with Gasteiger partial charge in [-0.3, -0.25) is 4.79 Å². The standard InChI is InChI=1S/C17H20N2O2/c1-3-19(12-13-5-4-6-15(18)11-13)17(20)14-7-9-16(21-2)10-8-14/h4-11H,3,12,18H2,1-2H3. The first-order valence-corrected chi connectivity index (χ1v) is 6.91. The molecule has 0 aromatic heterocycles. The molecule has 0 saturated carbocycles. The maximum Gasteiger partial charge on any atom is 0.254 e. The third kappa shape index (κ3) is 3.75. The molecule has 4 heteroatoms. The van der Waals surface area contributed by atoms with E-state index in [1.807, 2.05) is 31.2 Å². The molecule has 21 heavy (non-hydrogen) atoms. The van der Waals surface area contributed by atoms with Crippen molar-refractivity contribution < 1.29 is 9.53 Å². The number of hydrogen-bond acceptors (Lipinski definition) is 3. The van der Waals surface area contributed by atoms with E-state index < -0.39 is 0 Å². The van der Waals surface area contributed by atoms with Gasteiger partial charge in [0, 0.05) is 24.3 Å². The van der Waals surface area contributed by atoms with E-state index >= 15 is 0 Å². The zero-order chi connectivity index (χ0) is 15.2. The van der Waals surface area contributed by atoms with Crippen LogP contribution in [0.3, 0.4) is 0 Å². The number of methoxy groups -OCH3 is 1. The zero-order valence-corrected chi connectivity index (χ0v) is 12.4. The lowest BCUT2D eigenvalue weighted by atomic mass is 10.1. The predicted octanol–water partition coefficient (Wildman–Crippen LogP) is 2.94. The maximum atomic E-state index is 12.5. The van der Waals surface area contributed by atoms with Crippen LogP contribution in [0, 0.1) is 0 Å². The van der Waals surface area contributed by atoms with Gasteiger partial charge in [0.25, 0.3) is 5.91 Å². The summed E-state index contributed by atoms with van der Waals surface area (Å²) in [4.78, 5) is 14.3. The number of rotatable bonds is 5. The van der Waals surface area contributed by atoms with Gasteiger partial charge in [-0.25, -0.2) is 0 Å². The van der Waals surface area contributed by atoms with Gasteiger partial charge in [0.15, 0.2) is 0 Å². The van der Waals surface area contributed by atoms with E-state index in [0.717, 1.165) is 11.3 Å². The van der Waals surface area contributed by atoms with Crippen LogP contribution in [0.15, 0.2) is 48.5 Å². The summed E-state index contributed by atoms with van der Waals surface area (Å²) in [6.07, 6.45) is 0. The first-order valence-electron chi connectivity index (χ1n) is 6.91. The van der Waals surface area contributed by atoms with E-state index in [1.165, 1.54) is 0 Å². The fourth-order valence-electron chi connectivity index (χ4n) is 2.16. The van der Waals surface area contributed by atoms with E-state index in [2.05, 4.69) is 0 Å². The molecule has 2 aromatic carbocycles. The van der Waals surface area contributed by atoms with Gasteiger partial charge in [-0.15, -0.1) is 0 Å². The van der Waals surface area contributed by atoms with Crippen LogP contribution in [0.5, 0.6) is 5.75 Å². The second-order valence-electron chi connectivity index (χ2n) is 4.79. The summed E-state index contributed by atoms with van der Waals surface area (Å²) >= 11 is 0. The van der Waals surface area contributed by atoms with Gasteiger partial charge in [0.05, 0.1) is 7.11 Å². The van der Waals surface area contributed by atoms with E-state index in [-0.39, 0.29) is 5.91 Å². The Morgan fingerprint density at radius 2 is 1.90 bits per heavy atom. The van der Waals surface area contributed by atoms with E-state index in [9.17, 15) is 4.79 Å². The van der Waals surface area contributed by atoms with Crippen LogP contribution < -0.4 is 10.5 Å². The second kappa shape index (κ2) is 6.79. The summed E-state index contributed by atoms with van der Waals surface area (Å²) in [5.41, 5.74) is 8.17. The summed E-state index contributed by atoms with van der Waals surface area (Å²) < 4.78 is 5.11. The van der Waals surface area contributed by atoms with E-state index in [0.29, 0.717) is 24.3 Å². The molecule has 0 fully saturated rings.